The van der Waals surface area contributed by atoms with Gasteiger partial charge in [-0.15, -0.1) is 11.3 Å². The van der Waals surface area contributed by atoms with Gasteiger partial charge in [0.05, 0.1) is 13.2 Å². The van der Waals surface area contributed by atoms with E-state index in [1.807, 2.05) is 23.6 Å². The number of aromatic nitrogens is 2. The van der Waals surface area contributed by atoms with Crippen molar-refractivity contribution in [2.24, 2.45) is 0 Å². The van der Waals surface area contributed by atoms with Crippen LogP contribution < -0.4 is 10.2 Å². The van der Waals surface area contributed by atoms with E-state index in [0.717, 1.165) is 64.1 Å². The summed E-state index contributed by atoms with van der Waals surface area (Å²) in [5.74, 6) is 1.72. The highest BCUT2D eigenvalue weighted by atomic mass is 79.9. The van der Waals surface area contributed by atoms with Crippen molar-refractivity contribution >= 4 is 39.0 Å². The molecule has 0 spiro atoms. The first-order valence-electron chi connectivity index (χ1n) is 8.64. The Morgan fingerprint density at radius 1 is 1.32 bits per heavy atom. The molecule has 2 fully saturated rings. The molecule has 0 bridgehead atoms. The smallest absolute Gasteiger partial charge is 0.227 e. The molecule has 6 nitrogen and oxygen atoms in total. The van der Waals surface area contributed by atoms with E-state index in [9.17, 15) is 0 Å². The van der Waals surface area contributed by atoms with Crippen molar-refractivity contribution in [1.29, 1.82) is 0 Å². The van der Waals surface area contributed by atoms with Crippen LogP contribution in [0.15, 0.2) is 28.2 Å². The number of rotatable bonds is 5. The van der Waals surface area contributed by atoms with E-state index >= 15 is 0 Å². The van der Waals surface area contributed by atoms with Crippen LogP contribution in [0.1, 0.15) is 11.3 Å². The third kappa shape index (κ3) is 4.49. The molecule has 1 unspecified atom stereocenters. The Hall–Kier alpha value is -1.22. The molecule has 2 aliphatic rings. The van der Waals surface area contributed by atoms with Crippen molar-refractivity contribution in [2.45, 2.75) is 19.0 Å². The predicted octanol–water partition coefficient (Wildman–Crippen LogP) is 2.82. The van der Waals surface area contributed by atoms with E-state index in [1.54, 1.807) is 0 Å². The molecular formula is C17H22BrN5OS. The van der Waals surface area contributed by atoms with Gasteiger partial charge in [-0.25, -0.2) is 4.98 Å². The van der Waals surface area contributed by atoms with Gasteiger partial charge in [-0.05, 0) is 34.5 Å². The number of hydrogen-bond donors (Lipinski definition) is 1. The van der Waals surface area contributed by atoms with Crippen molar-refractivity contribution in [3.05, 3.63) is 33.1 Å². The largest absolute Gasteiger partial charge is 0.378 e. The van der Waals surface area contributed by atoms with Gasteiger partial charge in [-0.3, -0.25) is 4.90 Å². The van der Waals surface area contributed by atoms with Crippen molar-refractivity contribution in [1.82, 2.24) is 14.9 Å². The number of likely N-dealkylation sites (tertiary alicyclic amines) is 1. The summed E-state index contributed by atoms with van der Waals surface area (Å²) in [6.07, 6.45) is 2.99. The first kappa shape index (κ1) is 17.2. The van der Waals surface area contributed by atoms with Crippen LogP contribution in [0.2, 0.25) is 0 Å². The number of morpholine rings is 1. The number of nitrogens with zero attached hydrogens (tertiary/aromatic N) is 4. The van der Waals surface area contributed by atoms with Gasteiger partial charge >= 0.3 is 0 Å². The van der Waals surface area contributed by atoms with Crippen molar-refractivity contribution in [3.8, 4) is 0 Å². The number of ether oxygens (including phenoxy) is 1. The SMILES string of the molecule is Brc1csc(CN2CCC(Nc3ccnc(N4CCOCC4)n3)C2)c1. The lowest BCUT2D eigenvalue weighted by molar-refractivity contribution is 0.122. The van der Waals surface area contributed by atoms with Crippen molar-refractivity contribution in [2.75, 3.05) is 49.6 Å². The molecule has 1 atom stereocenters. The van der Waals surface area contributed by atoms with Gasteiger partial charge in [0, 0.05) is 59.7 Å². The Kier molecular flexibility index (Phi) is 5.50. The Morgan fingerprint density at radius 3 is 3.00 bits per heavy atom. The Morgan fingerprint density at radius 2 is 2.20 bits per heavy atom. The lowest BCUT2D eigenvalue weighted by Crippen LogP contribution is -2.37. The Balaban J connectivity index is 1.33. The molecule has 0 amide bonds. The standard InChI is InChI=1S/C17H22BrN5OS/c18-13-9-15(25-12-13)11-22-4-2-14(10-22)20-16-1-3-19-17(21-16)23-5-7-24-8-6-23/h1,3,9,12,14H,2,4-8,10-11H2,(H,19,20,21). The van der Waals surface area contributed by atoms with E-state index in [4.69, 9.17) is 9.72 Å². The Bertz CT molecular complexity index is 706. The average Bonchev–Trinajstić information content (AvgIpc) is 3.25. The minimum absolute atomic E-state index is 0.441. The molecule has 0 radical (unpaired) electrons. The molecule has 25 heavy (non-hydrogen) atoms. The van der Waals surface area contributed by atoms with Gasteiger partial charge < -0.3 is 15.0 Å². The van der Waals surface area contributed by atoms with E-state index in [-0.39, 0.29) is 0 Å². The molecule has 2 aliphatic heterocycles. The summed E-state index contributed by atoms with van der Waals surface area (Å²) in [6.45, 7) is 6.40. The van der Waals surface area contributed by atoms with Crippen LogP contribution in [0.3, 0.4) is 0 Å². The highest BCUT2D eigenvalue weighted by Crippen LogP contribution is 2.24. The molecule has 2 aromatic heterocycles. The van der Waals surface area contributed by atoms with Crippen LogP contribution in [0.5, 0.6) is 0 Å². The zero-order valence-corrected chi connectivity index (χ0v) is 16.4. The number of halogens is 1. The fraction of sp³-hybridized carbons (Fsp3) is 0.529. The summed E-state index contributed by atoms with van der Waals surface area (Å²) >= 11 is 5.34. The fourth-order valence-electron chi connectivity index (χ4n) is 3.30. The molecule has 8 heteroatoms. The zero-order valence-electron chi connectivity index (χ0n) is 14.0. The maximum Gasteiger partial charge on any atom is 0.227 e. The van der Waals surface area contributed by atoms with E-state index < -0.39 is 0 Å². The molecule has 134 valence electrons. The molecule has 0 aliphatic carbocycles. The molecule has 4 heterocycles. The van der Waals surface area contributed by atoms with Crippen LogP contribution in [0, 0.1) is 0 Å². The second-order valence-corrected chi connectivity index (χ2v) is 8.35. The van der Waals surface area contributed by atoms with Crippen LogP contribution in [0.25, 0.3) is 0 Å². The first-order valence-corrected chi connectivity index (χ1v) is 10.3. The third-order valence-electron chi connectivity index (χ3n) is 4.56. The van der Waals surface area contributed by atoms with Crippen LogP contribution in [0.4, 0.5) is 11.8 Å². The minimum atomic E-state index is 0.441. The lowest BCUT2D eigenvalue weighted by atomic mass is 10.2. The summed E-state index contributed by atoms with van der Waals surface area (Å²) in [6, 6.07) is 4.61. The summed E-state index contributed by atoms with van der Waals surface area (Å²) < 4.78 is 6.58. The van der Waals surface area contributed by atoms with Gasteiger partial charge in [0.15, 0.2) is 0 Å². The van der Waals surface area contributed by atoms with Crippen LogP contribution in [-0.2, 0) is 11.3 Å². The van der Waals surface area contributed by atoms with Gasteiger partial charge in [0.25, 0.3) is 0 Å². The predicted molar refractivity (Wildman–Crippen MR) is 104 cm³/mol. The van der Waals surface area contributed by atoms with E-state index in [0.29, 0.717) is 6.04 Å². The summed E-state index contributed by atoms with van der Waals surface area (Å²) in [5.41, 5.74) is 0. The number of nitrogens with one attached hydrogen (secondary N) is 1. The van der Waals surface area contributed by atoms with Crippen molar-refractivity contribution < 1.29 is 4.74 Å². The van der Waals surface area contributed by atoms with Gasteiger partial charge in [-0.1, -0.05) is 0 Å². The maximum atomic E-state index is 5.40. The first-order chi connectivity index (χ1) is 12.3. The lowest BCUT2D eigenvalue weighted by Gasteiger charge is -2.27. The fourth-order valence-corrected chi connectivity index (χ4v) is 4.80. The third-order valence-corrected chi connectivity index (χ3v) is 6.24. The Labute approximate surface area is 160 Å². The summed E-state index contributed by atoms with van der Waals surface area (Å²) in [7, 11) is 0. The second-order valence-electron chi connectivity index (χ2n) is 6.44. The minimum Gasteiger partial charge on any atom is -0.378 e. The molecular weight excluding hydrogens is 402 g/mol. The van der Waals surface area contributed by atoms with Crippen LogP contribution in [-0.4, -0.2) is 60.3 Å². The quantitative estimate of drug-likeness (QED) is 0.797. The molecule has 4 rings (SSSR count). The zero-order chi connectivity index (χ0) is 17.1. The normalized spacial score (nSPS) is 21.6. The number of anilines is 2. The molecule has 2 aromatic rings. The van der Waals surface area contributed by atoms with E-state index in [1.165, 1.54) is 9.35 Å². The number of hydrogen-bond acceptors (Lipinski definition) is 7. The molecule has 2 saturated heterocycles. The average molecular weight is 424 g/mol. The number of thiophene rings is 1. The highest BCUT2D eigenvalue weighted by molar-refractivity contribution is 9.10. The summed E-state index contributed by atoms with van der Waals surface area (Å²) in [4.78, 5) is 15.2. The van der Waals surface area contributed by atoms with Gasteiger partial charge in [0.2, 0.25) is 5.95 Å². The van der Waals surface area contributed by atoms with Crippen LogP contribution >= 0.6 is 27.3 Å². The van der Waals surface area contributed by atoms with Gasteiger partial charge in [0.1, 0.15) is 5.82 Å². The molecule has 0 saturated carbocycles. The summed E-state index contributed by atoms with van der Waals surface area (Å²) in [5, 5.41) is 5.73. The monoisotopic (exact) mass is 423 g/mol. The molecule has 1 N–H and O–H groups in total. The topological polar surface area (TPSA) is 53.5 Å². The van der Waals surface area contributed by atoms with E-state index in [2.05, 4.69) is 47.5 Å². The molecule has 0 aromatic carbocycles. The van der Waals surface area contributed by atoms with Crippen molar-refractivity contribution in [3.63, 3.8) is 0 Å². The highest BCUT2D eigenvalue weighted by Gasteiger charge is 2.23. The van der Waals surface area contributed by atoms with Gasteiger partial charge in [-0.2, -0.15) is 4.98 Å². The maximum absolute atomic E-state index is 5.40. The second kappa shape index (κ2) is 7.99.